The zero-order valence-electron chi connectivity index (χ0n) is 9.29. The molecule has 2 atom stereocenters. The van der Waals surface area contributed by atoms with Crippen LogP contribution in [0.2, 0.25) is 0 Å². The van der Waals surface area contributed by atoms with Gasteiger partial charge in [0.25, 0.3) is 0 Å². The Balaban J connectivity index is 2.37. The van der Waals surface area contributed by atoms with Crippen LogP contribution in [0.5, 0.6) is 0 Å². The molecule has 0 bridgehead atoms. The molecule has 1 aliphatic carbocycles. The first kappa shape index (κ1) is 11.0. The number of aliphatic hydroxyl groups excluding tert-OH is 1. The Morgan fingerprint density at radius 1 is 1.15 bits per heavy atom. The van der Waals surface area contributed by atoms with Gasteiger partial charge in [-0.25, -0.2) is 0 Å². The molecule has 0 amide bonds. The first-order valence-electron chi connectivity index (χ1n) is 5.79. The lowest BCUT2D eigenvalue weighted by Crippen LogP contribution is -2.24. The minimum Gasteiger partial charge on any atom is -0.393 e. The second-order valence-corrected chi connectivity index (χ2v) is 5.03. The van der Waals surface area contributed by atoms with E-state index < -0.39 is 0 Å². The fourth-order valence-corrected chi connectivity index (χ4v) is 2.66. The molecule has 0 aromatic rings. The summed E-state index contributed by atoms with van der Waals surface area (Å²) in [6.07, 6.45) is 6.74. The van der Waals surface area contributed by atoms with Crippen molar-refractivity contribution in [1.29, 1.82) is 0 Å². The Hall–Kier alpha value is -0.0400. The fourth-order valence-electron chi connectivity index (χ4n) is 2.66. The maximum atomic E-state index is 9.64. The fraction of sp³-hybridized carbons (Fsp3) is 1.00. The molecular formula is C12H24O. The minimum absolute atomic E-state index is 0.124. The molecule has 0 aromatic carbocycles. The van der Waals surface area contributed by atoms with E-state index in [0.717, 1.165) is 5.92 Å². The molecule has 13 heavy (non-hydrogen) atoms. The smallest absolute Gasteiger partial charge is 0.0542 e. The van der Waals surface area contributed by atoms with Crippen LogP contribution in [-0.2, 0) is 0 Å². The van der Waals surface area contributed by atoms with Crippen LogP contribution >= 0.6 is 0 Å². The van der Waals surface area contributed by atoms with Crippen molar-refractivity contribution in [3.8, 4) is 0 Å². The van der Waals surface area contributed by atoms with Gasteiger partial charge in [0, 0.05) is 0 Å². The molecule has 1 N–H and O–H groups in total. The molecule has 0 heterocycles. The molecule has 0 aliphatic heterocycles. The molecule has 1 aliphatic rings. The van der Waals surface area contributed by atoms with E-state index in [1.807, 2.05) is 6.92 Å². The van der Waals surface area contributed by atoms with Crippen molar-refractivity contribution in [2.75, 3.05) is 0 Å². The van der Waals surface area contributed by atoms with E-state index in [9.17, 15) is 5.11 Å². The number of hydrogen-bond donors (Lipinski definition) is 1. The zero-order valence-corrected chi connectivity index (χ0v) is 9.29. The van der Waals surface area contributed by atoms with Gasteiger partial charge in [0.1, 0.15) is 0 Å². The Morgan fingerprint density at radius 3 is 2.08 bits per heavy atom. The van der Waals surface area contributed by atoms with Crippen LogP contribution in [0.25, 0.3) is 0 Å². The molecule has 0 radical (unpaired) electrons. The van der Waals surface area contributed by atoms with E-state index in [2.05, 4.69) is 13.8 Å². The largest absolute Gasteiger partial charge is 0.393 e. The van der Waals surface area contributed by atoms with Crippen molar-refractivity contribution in [3.05, 3.63) is 0 Å². The third-order valence-corrected chi connectivity index (χ3v) is 3.56. The molecule has 0 saturated heterocycles. The van der Waals surface area contributed by atoms with Gasteiger partial charge in [0.2, 0.25) is 0 Å². The van der Waals surface area contributed by atoms with Gasteiger partial charge in [-0.3, -0.25) is 0 Å². The quantitative estimate of drug-likeness (QED) is 0.711. The van der Waals surface area contributed by atoms with Crippen LogP contribution in [0.1, 0.15) is 52.9 Å². The molecule has 2 unspecified atom stereocenters. The lowest BCUT2D eigenvalue weighted by atomic mass is 9.82. The topological polar surface area (TPSA) is 20.2 Å². The van der Waals surface area contributed by atoms with E-state index in [1.165, 1.54) is 32.1 Å². The molecule has 0 spiro atoms. The summed E-state index contributed by atoms with van der Waals surface area (Å²) >= 11 is 0. The van der Waals surface area contributed by atoms with Crippen molar-refractivity contribution in [2.24, 2.45) is 17.8 Å². The number of aliphatic hydroxyl groups is 1. The van der Waals surface area contributed by atoms with E-state index in [-0.39, 0.29) is 6.10 Å². The second kappa shape index (κ2) is 4.99. The molecule has 1 rings (SSSR count). The lowest BCUT2D eigenvalue weighted by Gasteiger charge is -2.26. The molecule has 78 valence electrons. The summed E-state index contributed by atoms with van der Waals surface area (Å²) in [5.74, 6) is 2.05. The van der Waals surface area contributed by atoms with E-state index in [4.69, 9.17) is 0 Å². The molecular weight excluding hydrogens is 160 g/mol. The van der Waals surface area contributed by atoms with Gasteiger partial charge in [-0.2, -0.15) is 0 Å². The summed E-state index contributed by atoms with van der Waals surface area (Å²) in [5, 5.41) is 9.64. The second-order valence-electron chi connectivity index (χ2n) is 5.03. The van der Waals surface area contributed by atoms with Gasteiger partial charge >= 0.3 is 0 Å². The highest BCUT2D eigenvalue weighted by atomic mass is 16.3. The number of rotatable bonds is 4. The van der Waals surface area contributed by atoms with Crippen molar-refractivity contribution in [1.82, 2.24) is 0 Å². The monoisotopic (exact) mass is 184 g/mol. The molecule has 1 nitrogen and oxygen atoms in total. The van der Waals surface area contributed by atoms with E-state index in [0.29, 0.717) is 11.8 Å². The Labute approximate surface area is 82.5 Å². The molecule has 1 saturated carbocycles. The van der Waals surface area contributed by atoms with E-state index >= 15 is 0 Å². The zero-order chi connectivity index (χ0) is 9.84. The highest BCUT2D eigenvalue weighted by Gasteiger charge is 2.25. The summed E-state index contributed by atoms with van der Waals surface area (Å²) in [6, 6.07) is 0. The molecule has 0 aromatic heterocycles. The van der Waals surface area contributed by atoms with E-state index in [1.54, 1.807) is 0 Å². The van der Waals surface area contributed by atoms with Crippen LogP contribution in [0, 0.1) is 17.8 Å². The molecule has 1 heteroatoms. The summed E-state index contributed by atoms with van der Waals surface area (Å²) < 4.78 is 0. The molecule has 1 fully saturated rings. The van der Waals surface area contributed by atoms with Crippen LogP contribution in [0.3, 0.4) is 0 Å². The van der Waals surface area contributed by atoms with Gasteiger partial charge in [-0.05, 0) is 31.1 Å². The number of hydrogen-bond acceptors (Lipinski definition) is 1. The van der Waals surface area contributed by atoms with Crippen molar-refractivity contribution < 1.29 is 5.11 Å². The van der Waals surface area contributed by atoms with Crippen LogP contribution in [0.15, 0.2) is 0 Å². The minimum atomic E-state index is -0.124. The highest BCUT2D eigenvalue weighted by molar-refractivity contribution is 4.76. The standard InChI is InChI=1S/C12H24O/c1-9(2)12(10(3)13)8-11-6-4-5-7-11/h9-13H,4-8H2,1-3H3. The highest BCUT2D eigenvalue weighted by Crippen LogP contribution is 2.33. The predicted octanol–water partition coefficient (Wildman–Crippen LogP) is 3.22. The average Bonchev–Trinajstić information content (AvgIpc) is 2.50. The lowest BCUT2D eigenvalue weighted by molar-refractivity contribution is 0.0806. The summed E-state index contributed by atoms with van der Waals surface area (Å²) in [7, 11) is 0. The van der Waals surface area contributed by atoms with Crippen molar-refractivity contribution in [3.63, 3.8) is 0 Å². The van der Waals surface area contributed by atoms with Crippen LogP contribution in [-0.4, -0.2) is 11.2 Å². The maximum Gasteiger partial charge on any atom is 0.0542 e. The van der Waals surface area contributed by atoms with Crippen LogP contribution < -0.4 is 0 Å². The first-order valence-corrected chi connectivity index (χ1v) is 5.79. The third kappa shape index (κ3) is 3.30. The summed E-state index contributed by atoms with van der Waals surface area (Å²) in [5.41, 5.74) is 0. The Morgan fingerprint density at radius 2 is 1.69 bits per heavy atom. The summed E-state index contributed by atoms with van der Waals surface area (Å²) in [6.45, 7) is 6.40. The summed E-state index contributed by atoms with van der Waals surface area (Å²) in [4.78, 5) is 0. The van der Waals surface area contributed by atoms with Gasteiger partial charge in [0.15, 0.2) is 0 Å². The average molecular weight is 184 g/mol. The van der Waals surface area contributed by atoms with Gasteiger partial charge in [0.05, 0.1) is 6.10 Å². The predicted molar refractivity (Wildman–Crippen MR) is 56.6 cm³/mol. The van der Waals surface area contributed by atoms with Crippen LogP contribution in [0.4, 0.5) is 0 Å². The van der Waals surface area contributed by atoms with Crippen molar-refractivity contribution in [2.45, 2.75) is 59.0 Å². The third-order valence-electron chi connectivity index (χ3n) is 3.56. The Bertz CT molecular complexity index is 126. The van der Waals surface area contributed by atoms with Gasteiger partial charge in [-0.15, -0.1) is 0 Å². The normalized spacial score (nSPS) is 23.8. The maximum absolute atomic E-state index is 9.64. The van der Waals surface area contributed by atoms with Crippen molar-refractivity contribution >= 4 is 0 Å². The SMILES string of the molecule is CC(C)C(CC1CCCC1)C(C)O. The van der Waals surface area contributed by atoms with Gasteiger partial charge < -0.3 is 5.11 Å². The first-order chi connectivity index (χ1) is 6.11. The van der Waals surface area contributed by atoms with Gasteiger partial charge in [-0.1, -0.05) is 39.5 Å². The Kier molecular flexibility index (Phi) is 4.24.